The van der Waals surface area contributed by atoms with Gasteiger partial charge in [0, 0.05) is 0 Å². The Morgan fingerprint density at radius 2 is 2.31 bits per heavy atom. The van der Waals surface area contributed by atoms with E-state index in [-0.39, 0.29) is 17.4 Å². The lowest BCUT2D eigenvalue weighted by Gasteiger charge is -2.05. The molecule has 0 bridgehead atoms. The first-order valence-corrected chi connectivity index (χ1v) is 3.84. The van der Waals surface area contributed by atoms with Crippen LogP contribution in [0.25, 0.3) is 0 Å². The van der Waals surface area contributed by atoms with Crippen LogP contribution in [0.4, 0.5) is 4.39 Å². The molecule has 0 radical (unpaired) electrons. The van der Waals surface area contributed by atoms with E-state index in [2.05, 4.69) is 0 Å². The largest absolute Gasteiger partial charge is 0.479 e. The fourth-order valence-electron chi connectivity index (χ4n) is 0.764. The normalized spacial score (nSPS) is 9.69. The standard InChI is InChI=1S/C8H7ClFNO2/c9-5-2-1-3-6(10)8(5)13-4-7(11)12/h1-3H,4H2,(H2,11,12). The summed E-state index contributed by atoms with van der Waals surface area (Å²) in [6.07, 6.45) is 0. The van der Waals surface area contributed by atoms with Crippen molar-refractivity contribution in [2.45, 2.75) is 0 Å². The Morgan fingerprint density at radius 1 is 1.62 bits per heavy atom. The number of primary amides is 1. The average Bonchev–Trinajstić information content (AvgIpc) is 2.03. The molecule has 1 aromatic carbocycles. The minimum atomic E-state index is -0.681. The highest BCUT2D eigenvalue weighted by atomic mass is 35.5. The van der Waals surface area contributed by atoms with Crippen molar-refractivity contribution in [3.05, 3.63) is 29.0 Å². The number of hydrogen-bond donors (Lipinski definition) is 1. The van der Waals surface area contributed by atoms with E-state index in [1.807, 2.05) is 0 Å². The van der Waals surface area contributed by atoms with Gasteiger partial charge in [0.05, 0.1) is 5.02 Å². The van der Waals surface area contributed by atoms with Crippen LogP contribution in [0.1, 0.15) is 0 Å². The van der Waals surface area contributed by atoms with Gasteiger partial charge >= 0.3 is 0 Å². The molecule has 0 aromatic heterocycles. The molecule has 5 heteroatoms. The maximum Gasteiger partial charge on any atom is 0.255 e. The van der Waals surface area contributed by atoms with Crippen LogP contribution in [-0.2, 0) is 4.79 Å². The molecule has 0 spiro atoms. The molecule has 0 fully saturated rings. The van der Waals surface area contributed by atoms with Crippen LogP contribution in [0.15, 0.2) is 18.2 Å². The number of rotatable bonds is 3. The Morgan fingerprint density at radius 3 is 2.85 bits per heavy atom. The molecule has 0 unspecified atom stereocenters. The molecule has 70 valence electrons. The molecule has 3 nitrogen and oxygen atoms in total. The Hall–Kier alpha value is -1.29. The molecule has 0 aliphatic heterocycles. The third-order valence-electron chi connectivity index (χ3n) is 1.28. The van der Waals surface area contributed by atoms with E-state index in [9.17, 15) is 9.18 Å². The van der Waals surface area contributed by atoms with Crippen molar-refractivity contribution in [2.24, 2.45) is 5.73 Å². The predicted molar refractivity (Wildman–Crippen MR) is 46.1 cm³/mol. The van der Waals surface area contributed by atoms with Gasteiger partial charge in [0.25, 0.3) is 5.91 Å². The van der Waals surface area contributed by atoms with Crippen molar-refractivity contribution in [3.8, 4) is 5.75 Å². The zero-order valence-electron chi connectivity index (χ0n) is 6.59. The number of hydrogen-bond acceptors (Lipinski definition) is 2. The predicted octanol–water partition coefficient (Wildman–Crippen LogP) is 1.34. The number of carbonyl (C=O) groups is 1. The van der Waals surface area contributed by atoms with Crippen molar-refractivity contribution < 1.29 is 13.9 Å². The van der Waals surface area contributed by atoms with Gasteiger partial charge in [0.2, 0.25) is 0 Å². The second-order valence-electron chi connectivity index (χ2n) is 2.31. The number of para-hydroxylation sites is 1. The van der Waals surface area contributed by atoms with Gasteiger partial charge < -0.3 is 10.5 Å². The third-order valence-corrected chi connectivity index (χ3v) is 1.58. The van der Waals surface area contributed by atoms with Crippen molar-refractivity contribution in [1.82, 2.24) is 0 Å². The van der Waals surface area contributed by atoms with Crippen LogP contribution < -0.4 is 10.5 Å². The van der Waals surface area contributed by atoms with Gasteiger partial charge in [-0.3, -0.25) is 4.79 Å². The van der Waals surface area contributed by atoms with E-state index in [0.717, 1.165) is 0 Å². The van der Waals surface area contributed by atoms with Gasteiger partial charge in [-0.25, -0.2) is 4.39 Å². The number of halogens is 2. The van der Waals surface area contributed by atoms with Gasteiger partial charge in [-0.1, -0.05) is 17.7 Å². The van der Waals surface area contributed by atoms with E-state index in [0.29, 0.717) is 0 Å². The average molecular weight is 204 g/mol. The molecule has 0 atom stereocenters. The fourth-order valence-corrected chi connectivity index (χ4v) is 0.981. The fraction of sp³-hybridized carbons (Fsp3) is 0.125. The molecule has 1 amide bonds. The molecule has 0 saturated heterocycles. The van der Waals surface area contributed by atoms with Gasteiger partial charge in [-0.2, -0.15) is 0 Å². The van der Waals surface area contributed by atoms with Gasteiger partial charge in [0.1, 0.15) is 0 Å². The molecular formula is C8H7ClFNO2. The monoisotopic (exact) mass is 203 g/mol. The second kappa shape index (κ2) is 4.09. The topological polar surface area (TPSA) is 52.3 Å². The number of ether oxygens (including phenoxy) is 1. The summed E-state index contributed by atoms with van der Waals surface area (Å²) >= 11 is 5.60. The molecule has 0 heterocycles. The minimum absolute atomic E-state index is 0.112. The minimum Gasteiger partial charge on any atom is -0.479 e. The zero-order chi connectivity index (χ0) is 9.84. The molecule has 13 heavy (non-hydrogen) atoms. The van der Waals surface area contributed by atoms with E-state index >= 15 is 0 Å². The highest BCUT2D eigenvalue weighted by Crippen LogP contribution is 2.26. The van der Waals surface area contributed by atoms with E-state index in [1.54, 1.807) is 0 Å². The van der Waals surface area contributed by atoms with Crippen LogP contribution in [0.5, 0.6) is 5.75 Å². The second-order valence-corrected chi connectivity index (χ2v) is 2.71. The summed E-state index contributed by atoms with van der Waals surface area (Å²) in [5.41, 5.74) is 4.81. The maximum absolute atomic E-state index is 12.9. The molecule has 1 rings (SSSR count). The lowest BCUT2D eigenvalue weighted by atomic mass is 10.3. The first kappa shape index (κ1) is 9.80. The Balaban J connectivity index is 2.81. The summed E-state index contributed by atoms with van der Waals surface area (Å²) in [6.45, 7) is -0.388. The number of carbonyl (C=O) groups excluding carboxylic acids is 1. The number of benzene rings is 1. The first-order chi connectivity index (χ1) is 6.11. The third kappa shape index (κ3) is 2.59. The summed E-state index contributed by atoms with van der Waals surface area (Å²) in [5.74, 6) is -1.45. The van der Waals surface area contributed by atoms with Gasteiger partial charge in [-0.15, -0.1) is 0 Å². The molecule has 0 saturated carbocycles. The molecule has 1 aromatic rings. The highest BCUT2D eigenvalue weighted by Gasteiger charge is 2.08. The van der Waals surface area contributed by atoms with Gasteiger partial charge in [0.15, 0.2) is 18.2 Å². The van der Waals surface area contributed by atoms with Crippen LogP contribution >= 0.6 is 11.6 Å². The SMILES string of the molecule is NC(=O)COc1c(F)cccc1Cl. The summed E-state index contributed by atoms with van der Waals surface area (Å²) < 4.78 is 17.7. The van der Waals surface area contributed by atoms with Crippen LogP contribution in [-0.4, -0.2) is 12.5 Å². The van der Waals surface area contributed by atoms with Gasteiger partial charge in [-0.05, 0) is 12.1 Å². The van der Waals surface area contributed by atoms with Crippen molar-refractivity contribution in [2.75, 3.05) is 6.61 Å². The maximum atomic E-state index is 12.9. The first-order valence-electron chi connectivity index (χ1n) is 3.46. The zero-order valence-corrected chi connectivity index (χ0v) is 7.34. The summed E-state index contributed by atoms with van der Waals surface area (Å²) in [4.78, 5) is 10.3. The van der Waals surface area contributed by atoms with E-state index in [1.165, 1.54) is 18.2 Å². The number of nitrogens with two attached hydrogens (primary N) is 1. The van der Waals surface area contributed by atoms with E-state index < -0.39 is 11.7 Å². The lowest BCUT2D eigenvalue weighted by Crippen LogP contribution is -2.20. The van der Waals surface area contributed by atoms with Crippen molar-refractivity contribution >= 4 is 17.5 Å². The van der Waals surface area contributed by atoms with Crippen molar-refractivity contribution in [1.29, 1.82) is 0 Å². The summed E-state index contributed by atoms with van der Waals surface area (Å²) in [5, 5.41) is 0.112. The van der Waals surface area contributed by atoms with Crippen LogP contribution in [0, 0.1) is 5.82 Å². The van der Waals surface area contributed by atoms with Crippen LogP contribution in [0.3, 0.4) is 0 Å². The molecule has 0 aliphatic rings. The Labute approximate surface area is 79.2 Å². The summed E-state index contributed by atoms with van der Waals surface area (Å²) in [6, 6.07) is 4.08. The highest BCUT2D eigenvalue weighted by molar-refractivity contribution is 6.32. The smallest absolute Gasteiger partial charge is 0.255 e. The van der Waals surface area contributed by atoms with E-state index in [4.69, 9.17) is 22.1 Å². The molecule has 0 aliphatic carbocycles. The Kier molecular flexibility index (Phi) is 3.08. The van der Waals surface area contributed by atoms with Crippen molar-refractivity contribution in [3.63, 3.8) is 0 Å². The summed E-state index contributed by atoms with van der Waals surface area (Å²) in [7, 11) is 0. The molecular weight excluding hydrogens is 197 g/mol. The van der Waals surface area contributed by atoms with Crippen LogP contribution in [0.2, 0.25) is 5.02 Å². The number of amides is 1. The lowest BCUT2D eigenvalue weighted by molar-refractivity contribution is -0.119. The molecule has 2 N–H and O–H groups in total. The Bertz CT molecular complexity index is 310. The quantitative estimate of drug-likeness (QED) is 0.806.